The molecule has 0 saturated carbocycles. The fourth-order valence-corrected chi connectivity index (χ4v) is 1.90. The van der Waals surface area contributed by atoms with Crippen molar-refractivity contribution >= 4 is 27.5 Å². The Kier molecular flexibility index (Phi) is 4.12. The molecule has 0 fully saturated rings. The molecule has 10 nitrogen and oxygen atoms in total. The van der Waals surface area contributed by atoms with Gasteiger partial charge in [0.1, 0.15) is 5.82 Å². The summed E-state index contributed by atoms with van der Waals surface area (Å²) in [6.45, 7) is 0. The van der Waals surface area contributed by atoms with Crippen molar-refractivity contribution in [1.29, 1.82) is 5.41 Å². The van der Waals surface area contributed by atoms with E-state index in [4.69, 9.17) is 10.6 Å². The number of nitro groups is 1. The van der Waals surface area contributed by atoms with Crippen molar-refractivity contribution in [3.63, 3.8) is 0 Å². The van der Waals surface area contributed by atoms with Gasteiger partial charge in [-0.2, -0.15) is 0 Å². The molecule has 1 aromatic heterocycles. The second-order valence-electron chi connectivity index (χ2n) is 3.76. The zero-order valence-corrected chi connectivity index (χ0v) is 11.9. The predicted molar refractivity (Wildman–Crippen MR) is 72.8 cm³/mol. The molecule has 0 saturated heterocycles. The van der Waals surface area contributed by atoms with E-state index in [1.165, 1.54) is 12.1 Å². The van der Waals surface area contributed by atoms with Crippen LogP contribution in [0.4, 0.5) is 4.39 Å². The van der Waals surface area contributed by atoms with E-state index < -0.39 is 33.9 Å². The number of amidine groups is 1. The Labute approximate surface area is 128 Å². The summed E-state index contributed by atoms with van der Waals surface area (Å²) < 4.78 is 18.3. The summed E-state index contributed by atoms with van der Waals surface area (Å²) in [5.41, 5.74) is -0.918. The molecule has 12 heteroatoms. The Bertz CT molecular complexity index is 858. The maximum absolute atomic E-state index is 13.2. The average Bonchev–Trinajstić information content (AvgIpc) is 2.84. The zero-order valence-electron chi connectivity index (χ0n) is 10.4. The summed E-state index contributed by atoms with van der Waals surface area (Å²) >= 11 is 2.92. The van der Waals surface area contributed by atoms with Gasteiger partial charge in [0, 0.05) is 0 Å². The number of nitrogens with one attached hydrogen (secondary N) is 1. The van der Waals surface area contributed by atoms with E-state index >= 15 is 0 Å². The van der Waals surface area contributed by atoms with Crippen LogP contribution in [0.25, 0.3) is 5.69 Å². The molecule has 0 aliphatic carbocycles. The second kappa shape index (κ2) is 5.85. The van der Waals surface area contributed by atoms with Crippen molar-refractivity contribution in [3.05, 3.63) is 55.0 Å². The summed E-state index contributed by atoms with van der Waals surface area (Å²) in [6, 6.07) is 3.39. The fraction of sp³-hybridized carbons (Fsp3) is 0. The highest BCUT2D eigenvalue weighted by Gasteiger charge is 2.29. The Morgan fingerprint density at radius 1 is 1.59 bits per heavy atom. The van der Waals surface area contributed by atoms with Gasteiger partial charge in [0.25, 0.3) is 0 Å². The summed E-state index contributed by atoms with van der Waals surface area (Å²) in [7, 11) is 0. The van der Waals surface area contributed by atoms with Crippen LogP contribution in [-0.2, 0) is 0 Å². The molecule has 0 spiro atoms. The molecule has 0 aliphatic heterocycles. The third-order valence-corrected chi connectivity index (χ3v) is 3.09. The van der Waals surface area contributed by atoms with Gasteiger partial charge >= 0.3 is 11.6 Å². The van der Waals surface area contributed by atoms with Gasteiger partial charge in [-0.1, -0.05) is 5.16 Å². The van der Waals surface area contributed by atoms with Crippen molar-refractivity contribution < 1.29 is 19.0 Å². The summed E-state index contributed by atoms with van der Waals surface area (Å²) in [5, 5.41) is 32.5. The molecule has 0 atom stereocenters. The molecule has 2 N–H and O–H groups in total. The molecular formula is C10H5BrFN5O5. The van der Waals surface area contributed by atoms with Crippen LogP contribution in [0.5, 0.6) is 0 Å². The molecular weight excluding hydrogens is 369 g/mol. The number of benzene rings is 1. The van der Waals surface area contributed by atoms with Crippen molar-refractivity contribution in [2.24, 2.45) is 5.16 Å². The minimum absolute atomic E-state index is 0.0147. The van der Waals surface area contributed by atoms with Gasteiger partial charge in [-0.3, -0.25) is 9.93 Å². The normalized spacial score (nSPS) is 11.5. The van der Waals surface area contributed by atoms with Gasteiger partial charge in [-0.25, -0.2) is 13.8 Å². The van der Waals surface area contributed by atoms with Crippen molar-refractivity contribution in [1.82, 2.24) is 9.72 Å². The molecule has 0 amide bonds. The minimum Gasteiger partial charge on any atom is -0.358 e. The summed E-state index contributed by atoms with van der Waals surface area (Å²) in [4.78, 5) is 21.2. The van der Waals surface area contributed by atoms with Crippen LogP contribution in [0.1, 0.15) is 5.82 Å². The van der Waals surface area contributed by atoms with Gasteiger partial charge in [-0.05, 0) is 39.1 Å². The smallest absolute Gasteiger partial charge is 0.358 e. The van der Waals surface area contributed by atoms with Gasteiger partial charge < -0.3 is 15.3 Å². The van der Waals surface area contributed by atoms with Gasteiger partial charge in [0.2, 0.25) is 11.5 Å². The van der Waals surface area contributed by atoms with E-state index in [1.807, 2.05) is 0 Å². The Morgan fingerprint density at radius 2 is 2.27 bits per heavy atom. The molecule has 1 aromatic carbocycles. The predicted octanol–water partition coefficient (Wildman–Crippen LogP) is 1.16. The average molecular weight is 374 g/mol. The van der Waals surface area contributed by atoms with Crippen molar-refractivity contribution in [2.75, 3.05) is 0 Å². The number of rotatable bonds is 3. The van der Waals surface area contributed by atoms with Gasteiger partial charge in [0.05, 0.1) is 10.2 Å². The van der Waals surface area contributed by atoms with E-state index in [2.05, 4.69) is 30.8 Å². The largest absolute Gasteiger partial charge is 0.446 e. The molecule has 0 bridgehead atoms. The minimum atomic E-state index is -1.23. The lowest BCUT2D eigenvalue weighted by molar-refractivity contribution is -0.348. The first kappa shape index (κ1) is 15.5. The lowest BCUT2D eigenvalue weighted by Crippen LogP contribution is -2.28. The van der Waals surface area contributed by atoms with E-state index in [9.17, 15) is 19.3 Å². The number of hydrogen-bond acceptors (Lipinski definition) is 8. The topological polar surface area (TPSA) is 148 Å². The van der Waals surface area contributed by atoms with E-state index in [-0.39, 0.29) is 10.2 Å². The summed E-state index contributed by atoms with van der Waals surface area (Å²) in [5.74, 6) is -3.47. The number of aromatic nitrogens is 2. The highest BCUT2D eigenvalue weighted by atomic mass is 79.9. The first-order valence-electron chi connectivity index (χ1n) is 5.36. The molecule has 1 heterocycles. The highest BCUT2D eigenvalue weighted by molar-refractivity contribution is 9.10. The highest BCUT2D eigenvalue weighted by Crippen LogP contribution is 2.19. The number of hydrogen-bond donors (Lipinski definition) is 2. The monoisotopic (exact) mass is 373 g/mol. The maximum Gasteiger partial charge on any atom is 0.446 e. The Hall–Kier alpha value is -2.89. The van der Waals surface area contributed by atoms with E-state index in [0.29, 0.717) is 4.57 Å². The fourth-order valence-electron chi connectivity index (χ4n) is 1.54. The summed E-state index contributed by atoms with van der Waals surface area (Å²) in [6.07, 6.45) is 0. The van der Waals surface area contributed by atoms with Crippen LogP contribution in [0.3, 0.4) is 0 Å². The Balaban J connectivity index is 2.62. The number of halogens is 2. The van der Waals surface area contributed by atoms with Crippen molar-refractivity contribution in [3.8, 4) is 5.69 Å². The van der Waals surface area contributed by atoms with Crippen molar-refractivity contribution in [2.45, 2.75) is 0 Å². The quantitative estimate of drug-likeness (QED) is 0.271. The van der Waals surface area contributed by atoms with E-state index in [0.717, 1.165) is 6.07 Å². The maximum atomic E-state index is 13.2. The number of nitrogens with zero attached hydrogens (tertiary/aromatic N) is 4. The standard InChI is InChI=1S/C10H5BrFN5O5/c11-5-3-4(1-2-6(5)12)16-9(15-22-10(16)18)7(13)8(14-19)17(20)21/h1-3,13,19H/b13-7?,14-8+. The molecule has 2 rings (SSSR count). The lowest BCUT2D eigenvalue weighted by atomic mass is 10.2. The first-order valence-corrected chi connectivity index (χ1v) is 6.16. The molecule has 0 unspecified atom stereocenters. The number of oxime groups is 1. The molecule has 0 radical (unpaired) electrons. The van der Waals surface area contributed by atoms with E-state index in [1.54, 1.807) is 0 Å². The van der Waals surface area contributed by atoms with Crippen LogP contribution >= 0.6 is 15.9 Å². The second-order valence-corrected chi connectivity index (χ2v) is 4.62. The molecule has 0 aliphatic rings. The third-order valence-electron chi connectivity index (χ3n) is 2.48. The van der Waals surface area contributed by atoms with Crippen LogP contribution in [0, 0.1) is 21.3 Å². The van der Waals surface area contributed by atoms with Crippen LogP contribution in [0.15, 0.2) is 37.1 Å². The SMILES string of the molecule is N=C(/C(=N\O)[N+](=O)[O-])c1noc(=O)n1-c1ccc(F)c(Br)c1. The molecule has 114 valence electrons. The third kappa shape index (κ3) is 2.63. The van der Waals surface area contributed by atoms with Crippen LogP contribution in [-0.4, -0.2) is 31.4 Å². The zero-order chi connectivity index (χ0) is 16.4. The molecule has 2 aromatic rings. The van der Waals surface area contributed by atoms with Gasteiger partial charge in [0.15, 0.2) is 5.16 Å². The van der Waals surface area contributed by atoms with Crippen LogP contribution in [0.2, 0.25) is 0 Å². The van der Waals surface area contributed by atoms with Crippen LogP contribution < -0.4 is 5.76 Å². The first-order chi connectivity index (χ1) is 10.4. The Morgan fingerprint density at radius 3 is 2.82 bits per heavy atom. The molecule has 22 heavy (non-hydrogen) atoms. The lowest BCUT2D eigenvalue weighted by Gasteiger charge is -2.04. The van der Waals surface area contributed by atoms with Gasteiger partial charge in [-0.15, -0.1) is 0 Å².